The Labute approximate surface area is 417 Å². The topological polar surface area (TPSA) is 94.3 Å². The van der Waals surface area contributed by atoms with Crippen molar-refractivity contribution in [3.05, 3.63) is 70.8 Å². The van der Waals surface area contributed by atoms with Crippen LogP contribution in [0.25, 0.3) is 0 Å². The monoisotopic (exact) mass is 1030 g/mol. The summed E-state index contributed by atoms with van der Waals surface area (Å²) < 4.78 is 0. The highest BCUT2D eigenvalue weighted by Crippen LogP contribution is 2.19. The SMILES string of the molecule is CSSCCC(C)C.CSSCCNC(=O)CCCC(C)C.CSSCCNC(=O)NCc1ccc(CC(C)C)cc1.CSSCCNC(=S)NCc1ccc(CC(C)C)cc1. The predicted octanol–water partition coefficient (Wildman–Crippen LogP) is 13.5. The van der Waals surface area contributed by atoms with Crippen molar-refractivity contribution in [1.29, 1.82) is 0 Å². The van der Waals surface area contributed by atoms with E-state index < -0.39 is 0 Å². The molecule has 2 rings (SSSR count). The Morgan fingerprint density at radius 1 is 0.484 bits per heavy atom. The van der Waals surface area contributed by atoms with Crippen LogP contribution in [0, 0.1) is 23.7 Å². The molecule has 0 saturated carbocycles. The highest BCUT2D eigenvalue weighted by Gasteiger charge is 2.04. The molecular formula is C46H83N5O2S9. The number of thiocarbonyl (C=S) groups is 1. The minimum absolute atomic E-state index is 0.0991. The van der Waals surface area contributed by atoms with Crippen molar-refractivity contribution in [3.63, 3.8) is 0 Å². The number of hydrogen-bond donors (Lipinski definition) is 5. The molecule has 0 bridgehead atoms. The van der Waals surface area contributed by atoms with Gasteiger partial charge in [-0.2, -0.15) is 0 Å². The summed E-state index contributed by atoms with van der Waals surface area (Å²) in [6.07, 6.45) is 14.7. The Morgan fingerprint density at radius 2 is 0.871 bits per heavy atom. The Balaban J connectivity index is 0. The van der Waals surface area contributed by atoms with Crippen LogP contribution in [0.1, 0.15) is 103 Å². The number of rotatable bonds is 28. The quantitative estimate of drug-likeness (QED) is 0.0318. The van der Waals surface area contributed by atoms with E-state index >= 15 is 0 Å². The van der Waals surface area contributed by atoms with Crippen molar-refractivity contribution >= 4 is 116 Å². The number of benzene rings is 2. The van der Waals surface area contributed by atoms with Gasteiger partial charge in [0.25, 0.3) is 0 Å². The molecule has 7 nitrogen and oxygen atoms in total. The molecule has 0 unspecified atom stereocenters. The van der Waals surface area contributed by atoms with E-state index in [1.165, 1.54) is 28.9 Å². The fourth-order valence-electron chi connectivity index (χ4n) is 5.04. The summed E-state index contributed by atoms with van der Waals surface area (Å²) in [5, 5.41) is 15.8. The zero-order chi connectivity index (χ0) is 46.8. The highest BCUT2D eigenvalue weighted by atomic mass is 33.1. The summed E-state index contributed by atoms with van der Waals surface area (Å²) in [5.74, 6) is 7.44. The Kier molecular flexibility index (Phi) is 47.1. The second-order valence-electron chi connectivity index (χ2n) is 15.8. The zero-order valence-corrected chi connectivity index (χ0v) is 47.4. The number of nitrogens with one attached hydrogen (secondary N) is 5. The van der Waals surface area contributed by atoms with E-state index in [-0.39, 0.29) is 11.9 Å². The summed E-state index contributed by atoms with van der Waals surface area (Å²) in [4.78, 5) is 22.8. The van der Waals surface area contributed by atoms with Crippen molar-refractivity contribution < 1.29 is 9.59 Å². The molecule has 2 aromatic carbocycles. The van der Waals surface area contributed by atoms with E-state index in [0.29, 0.717) is 37.3 Å². The molecule has 0 saturated heterocycles. The molecule has 5 N–H and O–H groups in total. The molecule has 0 heterocycles. The van der Waals surface area contributed by atoms with Gasteiger partial charge < -0.3 is 26.6 Å². The van der Waals surface area contributed by atoms with E-state index in [9.17, 15) is 9.59 Å². The van der Waals surface area contributed by atoms with Gasteiger partial charge >= 0.3 is 6.03 Å². The summed E-state index contributed by atoms with van der Waals surface area (Å²) in [6, 6.07) is 17.1. The number of carbonyl (C=O) groups is 2. The Hall–Kier alpha value is -0.330. The number of carbonyl (C=O) groups excluding carboxylic acids is 2. The van der Waals surface area contributed by atoms with E-state index in [1.807, 2.05) is 38.6 Å². The van der Waals surface area contributed by atoms with Gasteiger partial charge in [0.05, 0.1) is 0 Å². The molecule has 0 aliphatic heterocycles. The van der Waals surface area contributed by atoms with Gasteiger partial charge in [-0.15, -0.1) is 0 Å². The van der Waals surface area contributed by atoms with Crippen LogP contribution < -0.4 is 26.6 Å². The number of amides is 3. The second-order valence-corrected chi connectivity index (χ2v) is 27.0. The third-order valence-electron chi connectivity index (χ3n) is 8.12. The molecule has 16 heteroatoms. The molecule has 358 valence electrons. The van der Waals surface area contributed by atoms with Crippen molar-refractivity contribution in [2.75, 3.05) is 67.7 Å². The fourth-order valence-corrected chi connectivity index (χ4v) is 10.0. The van der Waals surface area contributed by atoms with E-state index in [2.05, 4.69) is 149 Å². The first kappa shape index (κ1) is 63.8. The smallest absolute Gasteiger partial charge is 0.315 e. The standard InChI is InChI=1S/C15H24N2OS2.C15H24N2S3.C10H21NOS2.C6H14S2/c2*1-12(2)10-13-4-6-14(7-5-13)11-17-15(18)16-8-9-20-19-3;1-9(2)5-4-6-10(12)11-7-8-14-13-3;1-6(2)4-5-8-7-3/h2*4-7,12H,8-11H2,1-3H3,(H2,16,17,18);9H,4-8H2,1-3H3,(H,11,12);6H,4-5H2,1-3H3. The molecule has 3 amide bonds. The van der Waals surface area contributed by atoms with Gasteiger partial charge in [0.15, 0.2) is 5.11 Å². The van der Waals surface area contributed by atoms with Crippen LogP contribution in [0.15, 0.2) is 48.5 Å². The normalized spacial score (nSPS) is 10.6. The van der Waals surface area contributed by atoms with Crippen molar-refractivity contribution in [2.45, 2.75) is 107 Å². The summed E-state index contributed by atoms with van der Waals surface area (Å²) in [5.41, 5.74) is 5.15. The van der Waals surface area contributed by atoms with Crippen LogP contribution in [0.2, 0.25) is 0 Å². The second kappa shape index (κ2) is 45.8. The van der Waals surface area contributed by atoms with E-state index in [4.69, 9.17) is 12.2 Å². The molecule has 0 aliphatic rings. The van der Waals surface area contributed by atoms with Crippen molar-refractivity contribution in [3.8, 4) is 0 Å². The number of hydrogen-bond acceptors (Lipinski definition) is 11. The molecule has 0 fully saturated rings. The highest BCUT2D eigenvalue weighted by molar-refractivity contribution is 8.77. The van der Waals surface area contributed by atoms with Gasteiger partial charge in [-0.25, -0.2) is 4.79 Å². The third kappa shape index (κ3) is 46.2. The summed E-state index contributed by atoms with van der Waals surface area (Å²) in [6.45, 7) is 21.6. The molecular weight excluding hydrogens is 943 g/mol. The van der Waals surface area contributed by atoms with Gasteiger partial charge in [0, 0.05) is 62.2 Å². The maximum atomic E-state index is 11.6. The molecule has 0 atom stereocenters. The lowest BCUT2D eigenvalue weighted by Crippen LogP contribution is -2.36. The first-order chi connectivity index (χ1) is 29.7. The van der Waals surface area contributed by atoms with Crippen LogP contribution in [-0.2, 0) is 30.7 Å². The first-order valence-corrected chi connectivity index (χ1v) is 33.1. The largest absolute Gasteiger partial charge is 0.362 e. The van der Waals surface area contributed by atoms with Crippen LogP contribution in [0.5, 0.6) is 0 Å². The van der Waals surface area contributed by atoms with Crippen LogP contribution in [0.4, 0.5) is 4.79 Å². The lowest BCUT2D eigenvalue weighted by molar-refractivity contribution is -0.121. The summed E-state index contributed by atoms with van der Waals surface area (Å²) >= 11 is 5.25. The van der Waals surface area contributed by atoms with Crippen LogP contribution in [0.3, 0.4) is 0 Å². The Morgan fingerprint density at radius 3 is 1.29 bits per heavy atom. The fraction of sp³-hybridized carbons (Fsp3) is 0.674. The zero-order valence-electron chi connectivity index (χ0n) is 40.0. The lowest BCUT2D eigenvalue weighted by atomic mass is 10.0. The Bertz CT molecular complexity index is 1260. The van der Waals surface area contributed by atoms with Crippen molar-refractivity contribution in [2.24, 2.45) is 23.7 Å². The van der Waals surface area contributed by atoms with E-state index in [1.54, 1.807) is 54.0 Å². The molecule has 0 spiro atoms. The lowest BCUT2D eigenvalue weighted by Gasteiger charge is -2.11. The number of urea groups is 1. The third-order valence-corrected chi connectivity index (χ3v) is 15.7. The van der Waals surface area contributed by atoms with Gasteiger partial charge in [0.2, 0.25) is 5.91 Å². The van der Waals surface area contributed by atoms with Gasteiger partial charge in [-0.1, -0.05) is 197 Å². The minimum Gasteiger partial charge on any atom is -0.362 e. The molecule has 0 aromatic heterocycles. The van der Waals surface area contributed by atoms with Gasteiger partial charge in [-0.05, 0) is 109 Å². The molecule has 0 aliphatic carbocycles. The maximum absolute atomic E-state index is 11.6. The summed E-state index contributed by atoms with van der Waals surface area (Å²) in [7, 11) is 14.4. The minimum atomic E-state index is -0.0991. The first-order valence-electron chi connectivity index (χ1n) is 21.7. The van der Waals surface area contributed by atoms with Gasteiger partial charge in [0.1, 0.15) is 0 Å². The van der Waals surface area contributed by atoms with Crippen LogP contribution >= 0.6 is 98.6 Å². The predicted molar refractivity (Wildman–Crippen MR) is 303 cm³/mol. The van der Waals surface area contributed by atoms with E-state index in [0.717, 1.165) is 79.2 Å². The van der Waals surface area contributed by atoms with Gasteiger partial charge in [-0.3, -0.25) is 4.79 Å². The van der Waals surface area contributed by atoms with Crippen LogP contribution in [-0.4, -0.2) is 84.7 Å². The molecule has 62 heavy (non-hydrogen) atoms. The average Bonchev–Trinajstić information content (AvgIpc) is 3.22. The maximum Gasteiger partial charge on any atom is 0.315 e. The molecule has 0 radical (unpaired) electrons. The molecule has 2 aromatic rings. The average molecular weight is 1030 g/mol. The van der Waals surface area contributed by atoms with Crippen molar-refractivity contribution in [1.82, 2.24) is 26.6 Å².